The summed E-state index contributed by atoms with van der Waals surface area (Å²) in [6.07, 6.45) is 2.22. The van der Waals surface area contributed by atoms with E-state index in [1.54, 1.807) is 62.4 Å². The summed E-state index contributed by atoms with van der Waals surface area (Å²) in [6.45, 7) is 3.42. The van der Waals surface area contributed by atoms with Gasteiger partial charge in [0, 0.05) is 41.8 Å². The van der Waals surface area contributed by atoms with Crippen molar-refractivity contribution in [1.82, 2.24) is 18.8 Å². The topological polar surface area (TPSA) is 124 Å². The quantitative estimate of drug-likeness (QED) is 0.363. The number of carbonyl (C=O) groups excluding carboxylic acids is 1. The number of halogens is 1. The number of hydrogen-bond acceptors (Lipinski definition) is 6. The number of hydrogen-bond donors (Lipinski definition) is 1. The second-order valence-electron chi connectivity index (χ2n) is 9.65. The average Bonchev–Trinajstić information content (AvgIpc) is 3.57. The fraction of sp³-hybridized carbons (Fsp3) is 0.296. The third-order valence-electron chi connectivity index (χ3n) is 6.74. The van der Waals surface area contributed by atoms with Crippen LogP contribution in [-0.4, -0.2) is 40.4 Å². The Bertz CT molecular complexity index is 1740. The van der Waals surface area contributed by atoms with Crippen LogP contribution in [-0.2, 0) is 21.4 Å². The van der Waals surface area contributed by atoms with E-state index in [0.29, 0.717) is 34.5 Å². The van der Waals surface area contributed by atoms with Gasteiger partial charge in [0.05, 0.1) is 11.3 Å². The Hall–Kier alpha value is -3.67. The first-order chi connectivity index (χ1) is 18.6. The van der Waals surface area contributed by atoms with Crippen LogP contribution in [0.2, 0.25) is 5.02 Å². The predicted octanol–water partition coefficient (Wildman–Crippen LogP) is 3.45. The van der Waals surface area contributed by atoms with Crippen molar-refractivity contribution in [2.45, 2.75) is 50.4 Å². The molecule has 1 saturated heterocycles. The minimum atomic E-state index is -4.07. The van der Waals surface area contributed by atoms with Gasteiger partial charge in [-0.2, -0.15) is 4.31 Å². The molecule has 3 heterocycles. The van der Waals surface area contributed by atoms with Crippen molar-refractivity contribution in [3.8, 4) is 5.69 Å². The first kappa shape index (κ1) is 26.9. The normalized spacial score (nSPS) is 16.3. The van der Waals surface area contributed by atoms with Gasteiger partial charge in [0.25, 0.3) is 15.6 Å². The van der Waals surface area contributed by atoms with Gasteiger partial charge >= 0.3 is 5.69 Å². The minimum Gasteiger partial charge on any atom is -0.443 e. The lowest BCUT2D eigenvalue weighted by Gasteiger charge is -2.22. The molecule has 0 radical (unpaired) electrons. The molecule has 1 N–H and O–H groups in total. The lowest BCUT2D eigenvalue weighted by molar-refractivity contribution is -0.124. The SMILES string of the molecule is CC(C)n1c(=O)c(CNC(=O)[C@@H]2CCCN2S(=O)(=O)c2cc3ccccc3o2)cn(-c2ccc(Cl)cc2)c1=O. The Morgan fingerprint density at radius 2 is 1.85 bits per heavy atom. The number of para-hydroxylation sites is 1. The summed E-state index contributed by atoms with van der Waals surface area (Å²) in [7, 11) is -4.07. The smallest absolute Gasteiger partial charge is 0.335 e. The van der Waals surface area contributed by atoms with Crippen molar-refractivity contribution in [3.05, 3.63) is 92.2 Å². The second-order valence-corrected chi connectivity index (χ2v) is 11.9. The predicted molar refractivity (Wildman–Crippen MR) is 147 cm³/mol. The summed E-state index contributed by atoms with van der Waals surface area (Å²) in [5.74, 6) is -0.535. The van der Waals surface area contributed by atoms with Crippen molar-refractivity contribution >= 4 is 38.5 Å². The van der Waals surface area contributed by atoms with Crippen molar-refractivity contribution in [2.24, 2.45) is 0 Å². The van der Waals surface area contributed by atoms with Crippen LogP contribution in [0.25, 0.3) is 16.7 Å². The molecular formula is C27H27ClN4O6S. The van der Waals surface area contributed by atoms with E-state index in [1.807, 2.05) is 0 Å². The lowest BCUT2D eigenvalue weighted by atomic mass is 10.2. The van der Waals surface area contributed by atoms with Crippen molar-refractivity contribution in [1.29, 1.82) is 0 Å². The molecule has 1 aliphatic heterocycles. The van der Waals surface area contributed by atoms with Crippen molar-refractivity contribution in [2.75, 3.05) is 6.54 Å². The first-order valence-electron chi connectivity index (χ1n) is 12.5. The molecule has 1 atom stereocenters. The standard InChI is InChI=1S/C27H27ClN4O6S/c1-17(2)32-26(34)19(16-30(27(32)35)21-11-9-20(28)10-12-21)15-29-25(33)22-7-5-13-31(22)39(36,37)24-14-18-6-3-4-8-23(18)38-24/h3-4,6,8-12,14,16-17,22H,5,7,13,15H2,1-2H3,(H,29,33)/t22-/m0/s1. The Morgan fingerprint density at radius 1 is 1.13 bits per heavy atom. The third-order valence-corrected chi connectivity index (χ3v) is 8.75. The number of benzene rings is 2. The van der Waals surface area contributed by atoms with Gasteiger partial charge in [0.15, 0.2) is 0 Å². The number of furan rings is 1. The van der Waals surface area contributed by atoms with Crippen molar-refractivity contribution in [3.63, 3.8) is 0 Å². The Morgan fingerprint density at radius 3 is 2.54 bits per heavy atom. The van der Waals surface area contributed by atoms with E-state index < -0.39 is 39.3 Å². The number of nitrogens with zero attached hydrogens (tertiary/aromatic N) is 3. The summed E-state index contributed by atoms with van der Waals surface area (Å²) >= 11 is 5.98. The summed E-state index contributed by atoms with van der Waals surface area (Å²) < 4.78 is 35.9. The maximum absolute atomic E-state index is 13.4. The summed E-state index contributed by atoms with van der Waals surface area (Å²) in [5, 5.41) is 3.63. The van der Waals surface area contributed by atoms with Gasteiger partial charge in [-0.25, -0.2) is 13.2 Å². The van der Waals surface area contributed by atoms with Gasteiger partial charge in [0.1, 0.15) is 11.6 Å². The molecule has 5 rings (SSSR count). The molecule has 0 saturated carbocycles. The molecular weight excluding hydrogens is 544 g/mol. The van der Waals surface area contributed by atoms with Crippen LogP contribution >= 0.6 is 11.6 Å². The van der Waals surface area contributed by atoms with Gasteiger partial charge < -0.3 is 9.73 Å². The highest BCUT2D eigenvalue weighted by atomic mass is 35.5. The van der Waals surface area contributed by atoms with E-state index in [2.05, 4.69) is 5.32 Å². The molecule has 0 aliphatic carbocycles. The zero-order valence-electron chi connectivity index (χ0n) is 21.3. The van der Waals surface area contributed by atoms with Crippen LogP contribution in [0.4, 0.5) is 0 Å². The van der Waals surface area contributed by atoms with Gasteiger partial charge in [-0.15, -0.1) is 0 Å². The number of fused-ring (bicyclic) bond motifs is 1. The van der Waals surface area contributed by atoms with Gasteiger partial charge in [-0.1, -0.05) is 29.8 Å². The average molecular weight is 571 g/mol. The number of nitrogens with one attached hydrogen (secondary N) is 1. The Kier molecular flexibility index (Phi) is 7.23. The summed E-state index contributed by atoms with van der Waals surface area (Å²) in [4.78, 5) is 39.5. The third kappa shape index (κ3) is 5.05. The molecule has 4 aromatic rings. The maximum Gasteiger partial charge on any atom is 0.335 e. The Balaban J connectivity index is 1.41. The highest BCUT2D eigenvalue weighted by Crippen LogP contribution is 2.30. The molecule has 204 valence electrons. The number of rotatable bonds is 7. The highest BCUT2D eigenvalue weighted by molar-refractivity contribution is 7.89. The molecule has 1 amide bonds. The highest BCUT2D eigenvalue weighted by Gasteiger charge is 2.41. The molecule has 0 bridgehead atoms. The fourth-order valence-corrected chi connectivity index (χ4v) is 6.51. The number of aromatic nitrogens is 2. The molecule has 2 aromatic heterocycles. The second kappa shape index (κ2) is 10.5. The maximum atomic E-state index is 13.4. The summed E-state index contributed by atoms with van der Waals surface area (Å²) in [6, 6.07) is 13.6. The molecule has 39 heavy (non-hydrogen) atoms. The minimum absolute atomic E-state index is 0.166. The molecule has 2 aromatic carbocycles. The molecule has 0 spiro atoms. The lowest BCUT2D eigenvalue weighted by Crippen LogP contribution is -2.47. The molecule has 0 unspecified atom stereocenters. The zero-order valence-corrected chi connectivity index (χ0v) is 22.9. The Labute approximate surface area is 229 Å². The van der Waals surface area contributed by atoms with Crippen LogP contribution in [0.15, 0.2) is 79.9 Å². The molecule has 1 aliphatic rings. The fourth-order valence-electron chi connectivity index (χ4n) is 4.78. The number of amides is 1. The van der Waals surface area contributed by atoms with Crippen LogP contribution in [0.5, 0.6) is 0 Å². The van der Waals surface area contributed by atoms with Crippen LogP contribution in [0, 0.1) is 0 Å². The van der Waals surface area contributed by atoms with E-state index in [-0.39, 0.29) is 23.7 Å². The number of sulfonamides is 1. The van der Waals surface area contributed by atoms with E-state index in [4.69, 9.17) is 16.0 Å². The first-order valence-corrected chi connectivity index (χ1v) is 14.3. The van der Waals surface area contributed by atoms with Gasteiger partial charge in [0.2, 0.25) is 11.0 Å². The van der Waals surface area contributed by atoms with E-state index in [9.17, 15) is 22.8 Å². The molecule has 1 fully saturated rings. The summed E-state index contributed by atoms with van der Waals surface area (Å²) in [5.41, 5.74) is 0.0695. The van der Waals surface area contributed by atoms with Crippen LogP contribution < -0.4 is 16.6 Å². The monoisotopic (exact) mass is 570 g/mol. The van der Waals surface area contributed by atoms with Gasteiger partial charge in [-0.05, 0) is 57.0 Å². The van der Waals surface area contributed by atoms with E-state index in [1.165, 1.54) is 16.8 Å². The van der Waals surface area contributed by atoms with Gasteiger partial charge in [-0.3, -0.25) is 18.7 Å². The van der Waals surface area contributed by atoms with Crippen molar-refractivity contribution < 1.29 is 17.6 Å². The van der Waals surface area contributed by atoms with Crippen LogP contribution in [0.3, 0.4) is 0 Å². The zero-order chi connectivity index (χ0) is 27.9. The van der Waals surface area contributed by atoms with Crippen LogP contribution in [0.1, 0.15) is 38.3 Å². The van der Waals surface area contributed by atoms with E-state index in [0.717, 1.165) is 8.87 Å². The molecule has 10 nitrogen and oxygen atoms in total. The van der Waals surface area contributed by atoms with E-state index >= 15 is 0 Å². The largest absolute Gasteiger partial charge is 0.443 e. The number of carbonyl (C=O) groups is 1. The molecule has 12 heteroatoms.